The molecule has 0 aromatic rings. The Bertz CT molecular complexity index is 133. The van der Waals surface area contributed by atoms with Crippen LogP contribution in [0.15, 0.2) is 0 Å². The van der Waals surface area contributed by atoms with Crippen LogP contribution in [0.2, 0.25) is 0 Å². The number of hydrogen-bond donors (Lipinski definition) is 2. The van der Waals surface area contributed by atoms with Gasteiger partial charge in [0.1, 0.15) is 0 Å². The average molecular weight is 186 g/mol. The fraction of sp³-hybridized carbons (Fsp3) is 1.00. The summed E-state index contributed by atoms with van der Waals surface area (Å²) in [5, 5.41) is 6.88. The van der Waals surface area contributed by atoms with Gasteiger partial charge in [0.2, 0.25) is 0 Å². The van der Waals surface area contributed by atoms with Gasteiger partial charge < -0.3 is 15.4 Å². The molecule has 0 heterocycles. The molecule has 0 radical (unpaired) electrons. The van der Waals surface area contributed by atoms with Crippen LogP contribution in [-0.2, 0) is 4.74 Å². The molecule has 0 saturated heterocycles. The monoisotopic (exact) mass is 186 g/mol. The van der Waals surface area contributed by atoms with Crippen molar-refractivity contribution < 1.29 is 4.74 Å². The summed E-state index contributed by atoms with van der Waals surface area (Å²) in [5.74, 6) is 0. The van der Waals surface area contributed by atoms with Crippen molar-refractivity contribution in [2.24, 2.45) is 0 Å². The van der Waals surface area contributed by atoms with Crippen LogP contribution >= 0.6 is 0 Å². The third-order valence-electron chi connectivity index (χ3n) is 2.54. The zero-order chi connectivity index (χ0) is 9.68. The predicted molar refractivity (Wildman–Crippen MR) is 55.0 cm³/mol. The number of hydrogen-bond acceptors (Lipinski definition) is 3. The Morgan fingerprint density at radius 2 is 2.00 bits per heavy atom. The van der Waals surface area contributed by atoms with Gasteiger partial charge in [0.05, 0.1) is 6.10 Å². The number of rotatable bonds is 6. The second kappa shape index (κ2) is 5.58. The molecule has 1 rings (SSSR count). The highest BCUT2D eigenvalue weighted by Crippen LogP contribution is 2.21. The summed E-state index contributed by atoms with van der Waals surface area (Å²) < 4.78 is 5.21. The van der Waals surface area contributed by atoms with Crippen molar-refractivity contribution in [3.63, 3.8) is 0 Å². The standard InChI is InChI=1S/C10H22N2O/c1-8(2)11-4-5-12-9-6-10(7-9)13-3/h8-12H,4-7H2,1-3H3. The van der Waals surface area contributed by atoms with Gasteiger partial charge in [0.15, 0.2) is 0 Å². The Labute approximate surface area is 81.2 Å². The highest BCUT2D eigenvalue weighted by atomic mass is 16.5. The normalized spacial score (nSPS) is 27.7. The minimum atomic E-state index is 0.510. The molecule has 1 saturated carbocycles. The Morgan fingerprint density at radius 3 is 2.54 bits per heavy atom. The van der Waals surface area contributed by atoms with Crippen LogP contribution in [0, 0.1) is 0 Å². The Balaban J connectivity index is 1.85. The summed E-state index contributed by atoms with van der Waals surface area (Å²) >= 11 is 0. The fourth-order valence-electron chi connectivity index (χ4n) is 1.56. The molecule has 13 heavy (non-hydrogen) atoms. The SMILES string of the molecule is COC1CC(NCCNC(C)C)C1. The summed E-state index contributed by atoms with van der Waals surface area (Å²) in [4.78, 5) is 0. The van der Waals surface area contributed by atoms with Gasteiger partial charge in [-0.05, 0) is 12.8 Å². The quantitative estimate of drug-likeness (QED) is 0.601. The van der Waals surface area contributed by atoms with E-state index in [4.69, 9.17) is 4.74 Å². The molecule has 3 nitrogen and oxygen atoms in total. The first-order chi connectivity index (χ1) is 6.22. The van der Waals surface area contributed by atoms with Crippen molar-refractivity contribution in [1.29, 1.82) is 0 Å². The van der Waals surface area contributed by atoms with Crippen molar-refractivity contribution in [2.75, 3.05) is 20.2 Å². The van der Waals surface area contributed by atoms with E-state index in [1.54, 1.807) is 7.11 Å². The first-order valence-electron chi connectivity index (χ1n) is 5.22. The lowest BCUT2D eigenvalue weighted by Gasteiger charge is -2.34. The van der Waals surface area contributed by atoms with E-state index in [1.165, 1.54) is 12.8 Å². The van der Waals surface area contributed by atoms with Gasteiger partial charge in [-0.2, -0.15) is 0 Å². The van der Waals surface area contributed by atoms with Gasteiger partial charge in [-0.25, -0.2) is 0 Å². The molecule has 1 aliphatic carbocycles. The molecule has 1 aliphatic rings. The highest BCUT2D eigenvalue weighted by molar-refractivity contribution is 4.85. The lowest BCUT2D eigenvalue weighted by atomic mass is 9.89. The van der Waals surface area contributed by atoms with Gasteiger partial charge in [0, 0.05) is 32.3 Å². The molecule has 0 aromatic carbocycles. The Morgan fingerprint density at radius 1 is 1.31 bits per heavy atom. The molecule has 0 unspecified atom stereocenters. The van der Waals surface area contributed by atoms with Crippen LogP contribution in [0.25, 0.3) is 0 Å². The van der Waals surface area contributed by atoms with Gasteiger partial charge in [0.25, 0.3) is 0 Å². The van der Waals surface area contributed by atoms with Crippen molar-refractivity contribution in [3.8, 4) is 0 Å². The Hall–Kier alpha value is -0.120. The minimum absolute atomic E-state index is 0.510. The van der Waals surface area contributed by atoms with Crippen molar-refractivity contribution in [1.82, 2.24) is 10.6 Å². The number of nitrogens with one attached hydrogen (secondary N) is 2. The van der Waals surface area contributed by atoms with Crippen molar-refractivity contribution in [3.05, 3.63) is 0 Å². The van der Waals surface area contributed by atoms with Gasteiger partial charge in [-0.15, -0.1) is 0 Å². The topological polar surface area (TPSA) is 33.3 Å². The summed E-state index contributed by atoms with van der Waals surface area (Å²) in [6.45, 7) is 6.47. The van der Waals surface area contributed by atoms with E-state index in [0.717, 1.165) is 13.1 Å². The fourth-order valence-corrected chi connectivity index (χ4v) is 1.56. The third-order valence-corrected chi connectivity index (χ3v) is 2.54. The second-order valence-electron chi connectivity index (χ2n) is 4.09. The number of methoxy groups -OCH3 is 1. The van der Waals surface area contributed by atoms with E-state index < -0.39 is 0 Å². The molecule has 0 bridgehead atoms. The summed E-state index contributed by atoms with van der Waals surface area (Å²) in [5.41, 5.74) is 0. The second-order valence-corrected chi connectivity index (χ2v) is 4.09. The van der Waals surface area contributed by atoms with Gasteiger partial charge >= 0.3 is 0 Å². The van der Waals surface area contributed by atoms with Crippen LogP contribution < -0.4 is 10.6 Å². The van der Waals surface area contributed by atoms with Crippen LogP contribution in [-0.4, -0.2) is 38.4 Å². The molecular formula is C10H22N2O. The van der Waals surface area contributed by atoms with E-state index in [-0.39, 0.29) is 0 Å². The van der Waals surface area contributed by atoms with E-state index in [1.807, 2.05) is 0 Å². The molecule has 0 amide bonds. The van der Waals surface area contributed by atoms with E-state index >= 15 is 0 Å². The van der Waals surface area contributed by atoms with E-state index in [9.17, 15) is 0 Å². The Kier molecular flexibility index (Phi) is 4.70. The largest absolute Gasteiger partial charge is 0.381 e. The summed E-state index contributed by atoms with van der Waals surface area (Å²) in [6, 6.07) is 1.29. The molecule has 2 N–H and O–H groups in total. The van der Waals surface area contributed by atoms with Crippen LogP contribution in [0.4, 0.5) is 0 Å². The molecule has 3 heteroatoms. The first-order valence-corrected chi connectivity index (χ1v) is 5.22. The average Bonchev–Trinajstić information content (AvgIpc) is 2.00. The summed E-state index contributed by atoms with van der Waals surface area (Å²) in [6.07, 6.45) is 2.87. The molecule has 1 fully saturated rings. The maximum atomic E-state index is 5.21. The molecule has 0 spiro atoms. The molecule has 78 valence electrons. The third kappa shape index (κ3) is 4.07. The van der Waals surface area contributed by atoms with E-state index in [2.05, 4.69) is 24.5 Å². The number of ether oxygens (including phenoxy) is 1. The predicted octanol–water partition coefficient (Wildman–Crippen LogP) is 0.751. The summed E-state index contributed by atoms with van der Waals surface area (Å²) in [7, 11) is 1.79. The maximum Gasteiger partial charge on any atom is 0.0601 e. The molecular weight excluding hydrogens is 164 g/mol. The zero-order valence-electron chi connectivity index (χ0n) is 8.97. The molecule has 0 aromatic heterocycles. The smallest absolute Gasteiger partial charge is 0.0601 e. The molecule has 0 atom stereocenters. The highest BCUT2D eigenvalue weighted by Gasteiger charge is 2.27. The van der Waals surface area contributed by atoms with Crippen LogP contribution in [0.5, 0.6) is 0 Å². The van der Waals surface area contributed by atoms with Crippen molar-refractivity contribution >= 4 is 0 Å². The van der Waals surface area contributed by atoms with Crippen LogP contribution in [0.1, 0.15) is 26.7 Å². The zero-order valence-corrected chi connectivity index (χ0v) is 8.97. The van der Waals surface area contributed by atoms with Gasteiger partial charge in [-0.1, -0.05) is 13.8 Å². The maximum absolute atomic E-state index is 5.21. The first kappa shape index (κ1) is 11.0. The minimum Gasteiger partial charge on any atom is -0.381 e. The van der Waals surface area contributed by atoms with Crippen molar-refractivity contribution in [2.45, 2.75) is 44.9 Å². The van der Waals surface area contributed by atoms with E-state index in [0.29, 0.717) is 18.2 Å². The molecule has 0 aliphatic heterocycles. The van der Waals surface area contributed by atoms with Gasteiger partial charge in [-0.3, -0.25) is 0 Å². The lowest BCUT2D eigenvalue weighted by molar-refractivity contribution is 0.0177. The van der Waals surface area contributed by atoms with Crippen LogP contribution in [0.3, 0.4) is 0 Å². The lowest BCUT2D eigenvalue weighted by Crippen LogP contribution is -2.47.